The predicted molar refractivity (Wildman–Crippen MR) is 134 cm³/mol. The van der Waals surface area contributed by atoms with Gasteiger partial charge in [-0.1, -0.05) is 18.2 Å². The number of aliphatic hydroxyl groups excluding tert-OH is 2. The molecule has 3 aromatic carbocycles. The zero-order valence-electron chi connectivity index (χ0n) is 19.7. The van der Waals surface area contributed by atoms with E-state index >= 15 is 0 Å². The van der Waals surface area contributed by atoms with Gasteiger partial charge in [0, 0.05) is 36.6 Å². The second-order valence-corrected chi connectivity index (χ2v) is 9.01. The lowest BCUT2D eigenvalue weighted by atomic mass is 10.1. The van der Waals surface area contributed by atoms with Gasteiger partial charge in [-0.05, 0) is 66.9 Å². The van der Waals surface area contributed by atoms with E-state index in [1.807, 2.05) is 42.5 Å². The van der Waals surface area contributed by atoms with Gasteiger partial charge in [0.2, 0.25) is 5.95 Å². The zero-order valence-corrected chi connectivity index (χ0v) is 19.7. The number of nitrogens with zero attached hydrogens (tertiary/aromatic N) is 3. The van der Waals surface area contributed by atoms with Crippen molar-refractivity contribution in [1.29, 1.82) is 0 Å². The summed E-state index contributed by atoms with van der Waals surface area (Å²) in [6, 6.07) is 17.2. The van der Waals surface area contributed by atoms with E-state index in [0.29, 0.717) is 42.7 Å². The molecule has 192 valence electrons. The highest BCUT2D eigenvalue weighted by molar-refractivity contribution is 6.04. The average Bonchev–Trinajstić information content (AvgIpc) is 3.47. The first-order chi connectivity index (χ1) is 17.7. The van der Waals surface area contributed by atoms with E-state index in [1.54, 1.807) is 4.57 Å². The molecule has 1 amide bonds. The molecule has 5 rings (SSSR count). The number of alkyl halides is 3. The monoisotopic (exact) mass is 510 g/mol. The number of anilines is 2. The Labute approximate surface area is 210 Å². The van der Waals surface area contributed by atoms with Gasteiger partial charge in [0.25, 0.3) is 5.91 Å². The highest BCUT2D eigenvalue weighted by atomic mass is 19.4. The van der Waals surface area contributed by atoms with Crippen molar-refractivity contribution in [3.63, 3.8) is 0 Å². The van der Waals surface area contributed by atoms with Crippen LogP contribution in [0.2, 0.25) is 0 Å². The molecule has 0 saturated carbocycles. The Bertz CT molecular complexity index is 1430. The lowest BCUT2D eigenvalue weighted by Crippen LogP contribution is -2.21. The molecule has 1 atom stereocenters. The van der Waals surface area contributed by atoms with Gasteiger partial charge in [-0.15, -0.1) is 0 Å². The van der Waals surface area contributed by atoms with E-state index in [9.17, 15) is 28.2 Å². The fourth-order valence-electron chi connectivity index (χ4n) is 4.53. The summed E-state index contributed by atoms with van der Waals surface area (Å²) in [5.41, 5.74) is 2.72. The highest BCUT2D eigenvalue weighted by Crippen LogP contribution is 2.32. The van der Waals surface area contributed by atoms with E-state index in [-0.39, 0.29) is 18.1 Å². The van der Waals surface area contributed by atoms with Crippen LogP contribution in [-0.2, 0) is 12.6 Å². The third kappa shape index (κ3) is 5.16. The van der Waals surface area contributed by atoms with Gasteiger partial charge in [-0.2, -0.15) is 13.2 Å². The number of hydrogen-bond acceptors (Lipinski definition) is 5. The molecule has 7 nitrogen and oxygen atoms in total. The first-order valence-corrected chi connectivity index (χ1v) is 11.9. The Morgan fingerprint density at radius 2 is 1.81 bits per heavy atom. The smallest absolute Gasteiger partial charge is 0.396 e. The molecule has 37 heavy (non-hydrogen) atoms. The van der Waals surface area contributed by atoms with Gasteiger partial charge in [0.1, 0.15) is 0 Å². The normalized spacial score (nSPS) is 15.9. The molecule has 1 aliphatic heterocycles. The minimum atomic E-state index is -4.57. The minimum absolute atomic E-state index is 0.0106. The summed E-state index contributed by atoms with van der Waals surface area (Å²) in [6.45, 7) is 1.22. The van der Waals surface area contributed by atoms with E-state index in [4.69, 9.17) is 0 Å². The third-order valence-electron chi connectivity index (χ3n) is 6.44. The Kier molecular flexibility index (Phi) is 6.61. The fourth-order valence-corrected chi connectivity index (χ4v) is 4.53. The maximum absolute atomic E-state index is 13.2. The number of carbonyl (C=O) groups excluding carboxylic acids is 1. The van der Waals surface area contributed by atoms with Crippen LogP contribution in [0.3, 0.4) is 0 Å². The lowest BCUT2D eigenvalue weighted by molar-refractivity contribution is -0.137. The Hall–Kier alpha value is -3.89. The average molecular weight is 511 g/mol. The molecule has 0 bridgehead atoms. The quantitative estimate of drug-likeness (QED) is 0.358. The van der Waals surface area contributed by atoms with Crippen LogP contribution in [0.25, 0.3) is 16.7 Å². The summed E-state index contributed by atoms with van der Waals surface area (Å²) in [5.74, 6) is -0.562. The number of amides is 1. The van der Waals surface area contributed by atoms with Crippen molar-refractivity contribution in [3.05, 3.63) is 83.4 Å². The largest absolute Gasteiger partial charge is 0.416 e. The van der Waals surface area contributed by atoms with Gasteiger partial charge in [0.15, 0.2) is 0 Å². The number of imidazole rings is 1. The number of β-amino-alcohol motifs (C(OH)–C–C–N with tert-alkyl or cyclic N) is 1. The number of nitrogens with one attached hydrogen (secondary N) is 1. The summed E-state index contributed by atoms with van der Waals surface area (Å²) in [5, 5.41) is 21.9. The topological polar surface area (TPSA) is 90.6 Å². The molecule has 10 heteroatoms. The van der Waals surface area contributed by atoms with Gasteiger partial charge >= 0.3 is 6.18 Å². The molecule has 0 unspecified atom stereocenters. The standard InChI is InChI=1S/C27H25F3N4O3/c28-27(29,30)19-3-1-2-18(14-19)25(37)32-26-31-23-9-8-21(33-12-10-22(36)16-33)15-24(23)34(26)20-6-4-17(5-7-20)11-13-35/h1-9,14-15,22,35-36H,10-13,16H2,(H,31,32,37)/t22-/m0/s1. The van der Waals surface area contributed by atoms with Gasteiger partial charge in [0.05, 0.1) is 22.7 Å². The van der Waals surface area contributed by atoms with E-state index in [0.717, 1.165) is 23.4 Å². The van der Waals surface area contributed by atoms with Crippen LogP contribution in [0.1, 0.15) is 27.9 Å². The lowest BCUT2D eigenvalue weighted by Gasteiger charge is -2.18. The number of halogens is 3. The van der Waals surface area contributed by atoms with Crippen LogP contribution in [0.4, 0.5) is 24.8 Å². The summed E-state index contributed by atoms with van der Waals surface area (Å²) < 4.78 is 41.3. The molecule has 1 aliphatic rings. The molecule has 3 N–H and O–H groups in total. The molecule has 1 aromatic heterocycles. The van der Waals surface area contributed by atoms with Gasteiger partial charge in [-0.3, -0.25) is 14.7 Å². The van der Waals surface area contributed by atoms with Crippen molar-refractivity contribution in [2.24, 2.45) is 0 Å². The number of fused-ring (bicyclic) bond motifs is 1. The van der Waals surface area contributed by atoms with Gasteiger partial charge < -0.3 is 15.1 Å². The Morgan fingerprint density at radius 1 is 1.05 bits per heavy atom. The Balaban J connectivity index is 1.56. The molecular weight excluding hydrogens is 485 g/mol. The van der Waals surface area contributed by atoms with Crippen molar-refractivity contribution in [3.8, 4) is 5.69 Å². The van der Waals surface area contributed by atoms with Crippen LogP contribution >= 0.6 is 0 Å². The van der Waals surface area contributed by atoms with Crippen molar-refractivity contribution < 1.29 is 28.2 Å². The highest BCUT2D eigenvalue weighted by Gasteiger charge is 2.31. The summed E-state index contributed by atoms with van der Waals surface area (Å²) in [6.07, 6.45) is -3.81. The molecule has 0 spiro atoms. The SMILES string of the molecule is O=C(Nc1nc2ccc(N3CC[C@H](O)C3)cc2n1-c1ccc(CCO)cc1)c1cccc(C(F)(F)F)c1. The predicted octanol–water partition coefficient (Wildman–Crippen LogP) is 4.40. The van der Waals surface area contributed by atoms with E-state index in [1.165, 1.54) is 12.1 Å². The van der Waals surface area contributed by atoms with Crippen molar-refractivity contribution in [2.45, 2.75) is 25.1 Å². The number of benzene rings is 3. The Morgan fingerprint density at radius 3 is 2.49 bits per heavy atom. The summed E-state index contributed by atoms with van der Waals surface area (Å²) >= 11 is 0. The van der Waals surface area contributed by atoms with Crippen LogP contribution in [0.15, 0.2) is 66.7 Å². The van der Waals surface area contributed by atoms with Crippen molar-refractivity contribution >= 4 is 28.6 Å². The van der Waals surface area contributed by atoms with E-state index in [2.05, 4.69) is 15.2 Å². The number of hydrogen-bond donors (Lipinski definition) is 3. The first-order valence-electron chi connectivity index (χ1n) is 11.9. The molecular formula is C27H25F3N4O3. The van der Waals surface area contributed by atoms with E-state index < -0.39 is 23.8 Å². The van der Waals surface area contributed by atoms with Crippen LogP contribution in [0.5, 0.6) is 0 Å². The second-order valence-electron chi connectivity index (χ2n) is 9.01. The number of aromatic nitrogens is 2. The molecule has 0 aliphatic carbocycles. The first kappa shape index (κ1) is 24.8. The third-order valence-corrected chi connectivity index (χ3v) is 6.44. The molecule has 1 fully saturated rings. The minimum Gasteiger partial charge on any atom is -0.396 e. The molecule has 0 radical (unpaired) electrons. The molecule has 2 heterocycles. The summed E-state index contributed by atoms with van der Waals surface area (Å²) in [7, 11) is 0. The number of aliphatic hydroxyl groups is 2. The number of carbonyl (C=O) groups is 1. The maximum atomic E-state index is 13.2. The molecule has 4 aromatic rings. The van der Waals surface area contributed by atoms with Crippen LogP contribution in [-0.4, -0.2) is 51.5 Å². The maximum Gasteiger partial charge on any atom is 0.416 e. The zero-order chi connectivity index (χ0) is 26.2. The van der Waals surface area contributed by atoms with Crippen LogP contribution in [0, 0.1) is 0 Å². The number of rotatable bonds is 6. The fraction of sp³-hybridized carbons (Fsp3) is 0.259. The van der Waals surface area contributed by atoms with Crippen LogP contribution < -0.4 is 10.2 Å². The van der Waals surface area contributed by atoms with Crippen molar-refractivity contribution in [1.82, 2.24) is 9.55 Å². The van der Waals surface area contributed by atoms with Crippen molar-refractivity contribution in [2.75, 3.05) is 29.9 Å². The second kappa shape index (κ2) is 9.87. The summed E-state index contributed by atoms with van der Waals surface area (Å²) in [4.78, 5) is 19.6. The van der Waals surface area contributed by atoms with Gasteiger partial charge in [-0.25, -0.2) is 4.98 Å². The molecule has 1 saturated heterocycles.